The van der Waals surface area contributed by atoms with Crippen LogP contribution in [0.4, 0.5) is 0 Å². The minimum Gasteiger partial charge on any atom is -0.493 e. The number of hydrogen-bond donors (Lipinski definition) is 2. The van der Waals surface area contributed by atoms with Gasteiger partial charge in [0, 0.05) is 13.0 Å². The summed E-state index contributed by atoms with van der Waals surface area (Å²) >= 11 is 0. The molecule has 106 valence electrons. The van der Waals surface area contributed by atoms with Gasteiger partial charge in [-0.25, -0.2) is 4.98 Å². The Labute approximate surface area is 116 Å². The molecule has 2 rings (SSSR count). The van der Waals surface area contributed by atoms with Gasteiger partial charge in [0.25, 0.3) is 5.91 Å². The number of aromatic nitrogens is 3. The van der Waals surface area contributed by atoms with E-state index in [9.17, 15) is 4.79 Å². The Bertz CT molecular complexity index is 542. The SMILES string of the molecule is COc1ccccc1OCC(=O)NCCc1ncn[nH]1. The van der Waals surface area contributed by atoms with E-state index >= 15 is 0 Å². The van der Waals surface area contributed by atoms with Crippen molar-refractivity contribution in [2.45, 2.75) is 6.42 Å². The molecule has 0 aliphatic rings. The number of para-hydroxylation sites is 2. The van der Waals surface area contributed by atoms with Crippen molar-refractivity contribution in [1.29, 1.82) is 0 Å². The Morgan fingerprint density at radius 3 is 2.85 bits per heavy atom. The lowest BCUT2D eigenvalue weighted by molar-refractivity contribution is -0.123. The molecule has 1 aromatic heterocycles. The van der Waals surface area contributed by atoms with E-state index in [-0.39, 0.29) is 12.5 Å². The highest BCUT2D eigenvalue weighted by atomic mass is 16.5. The zero-order chi connectivity index (χ0) is 14.2. The maximum atomic E-state index is 11.6. The van der Waals surface area contributed by atoms with Crippen LogP contribution in [0.3, 0.4) is 0 Å². The highest BCUT2D eigenvalue weighted by molar-refractivity contribution is 5.77. The lowest BCUT2D eigenvalue weighted by atomic mass is 10.3. The van der Waals surface area contributed by atoms with Gasteiger partial charge in [0.2, 0.25) is 0 Å². The van der Waals surface area contributed by atoms with Crippen LogP contribution in [-0.2, 0) is 11.2 Å². The van der Waals surface area contributed by atoms with E-state index in [4.69, 9.17) is 9.47 Å². The van der Waals surface area contributed by atoms with Gasteiger partial charge in [-0.3, -0.25) is 9.89 Å². The number of methoxy groups -OCH3 is 1. The van der Waals surface area contributed by atoms with E-state index < -0.39 is 0 Å². The van der Waals surface area contributed by atoms with Crippen molar-refractivity contribution >= 4 is 5.91 Å². The number of nitrogens with zero attached hydrogens (tertiary/aromatic N) is 2. The summed E-state index contributed by atoms with van der Waals surface area (Å²) in [7, 11) is 1.56. The van der Waals surface area contributed by atoms with Gasteiger partial charge in [-0.1, -0.05) is 12.1 Å². The van der Waals surface area contributed by atoms with Crippen molar-refractivity contribution < 1.29 is 14.3 Å². The van der Waals surface area contributed by atoms with Gasteiger partial charge < -0.3 is 14.8 Å². The fourth-order valence-corrected chi connectivity index (χ4v) is 1.60. The number of H-pyrrole nitrogens is 1. The van der Waals surface area contributed by atoms with Crippen LogP contribution in [0.2, 0.25) is 0 Å². The fourth-order valence-electron chi connectivity index (χ4n) is 1.60. The minimum absolute atomic E-state index is 0.0588. The summed E-state index contributed by atoms with van der Waals surface area (Å²) in [4.78, 5) is 15.6. The predicted octanol–water partition coefficient (Wildman–Crippen LogP) is 0.551. The summed E-state index contributed by atoms with van der Waals surface area (Å²) in [6.45, 7) is 0.417. The summed E-state index contributed by atoms with van der Waals surface area (Å²) in [5.74, 6) is 1.67. The van der Waals surface area contributed by atoms with Gasteiger partial charge in [-0.2, -0.15) is 5.10 Å². The smallest absolute Gasteiger partial charge is 0.257 e. The lowest BCUT2D eigenvalue weighted by Gasteiger charge is -2.10. The van der Waals surface area contributed by atoms with E-state index in [1.54, 1.807) is 19.2 Å². The second-order valence-electron chi connectivity index (χ2n) is 3.97. The van der Waals surface area contributed by atoms with Crippen molar-refractivity contribution in [3.8, 4) is 11.5 Å². The van der Waals surface area contributed by atoms with E-state index in [2.05, 4.69) is 20.5 Å². The van der Waals surface area contributed by atoms with Gasteiger partial charge in [0.05, 0.1) is 7.11 Å². The van der Waals surface area contributed by atoms with Crippen LogP contribution in [0, 0.1) is 0 Å². The van der Waals surface area contributed by atoms with Crippen molar-refractivity contribution in [1.82, 2.24) is 20.5 Å². The lowest BCUT2D eigenvalue weighted by Crippen LogP contribution is -2.30. The molecule has 0 aliphatic carbocycles. The van der Waals surface area contributed by atoms with E-state index in [1.807, 2.05) is 12.1 Å². The molecule has 0 bridgehead atoms. The van der Waals surface area contributed by atoms with Gasteiger partial charge in [0.1, 0.15) is 12.2 Å². The van der Waals surface area contributed by atoms with Crippen LogP contribution in [0.25, 0.3) is 0 Å². The molecular formula is C13H16N4O3. The molecule has 0 unspecified atom stereocenters. The molecule has 7 nitrogen and oxygen atoms in total. The quantitative estimate of drug-likeness (QED) is 0.771. The molecular weight excluding hydrogens is 260 g/mol. The summed E-state index contributed by atoms with van der Waals surface area (Å²) < 4.78 is 10.5. The number of hydrogen-bond acceptors (Lipinski definition) is 5. The number of aromatic amines is 1. The van der Waals surface area contributed by atoms with Crippen LogP contribution < -0.4 is 14.8 Å². The Morgan fingerprint density at radius 1 is 1.35 bits per heavy atom. The van der Waals surface area contributed by atoms with Gasteiger partial charge in [-0.15, -0.1) is 0 Å². The number of rotatable bonds is 7. The number of nitrogens with one attached hydrogen (secondary N) is 2. The molecule has 20 heavy (non-hydrogen) atoms. The normalized spacial score (nSPS) is 10.1. The summed E-state index contributed by atoms with van der Waals surface area (Å²) in [6, 6.07) is 7.18. The third-order valence-electron chi connectivity index (χ3n) is 2.58. The Kier molecular flexibility index (Phi) is 4.94. The molecule has 0 atom stereocenters. The van der Waals surface area contributed by atoms with E-state index in [1.165, 1.54) is 6.33 Å². The largest absolute Gasteiger partial charge is 0.493 e. The molecule has 0 aliphatic heterocycles. The molecule has 1 heterocycles. The van der Waals surface area contributed by atoms with E-state index in [0.717, 1.165) is 5.82 Å². The molecule has 2 N–H and O–H groups in total. The number of ether oxygens (including phenoxy) is 2. The first-order valence-corrected chi connectivity index (χ1v) is 6.16. The topological polar surface area (TPSA) is 89.1 Å². The molecule has 1 aromatic carbocycles. The Morgan fingerprint density at radius 2 is 2.15 bits per heavy atom. The first kappa shape index (κ1) is 13.9. The Hall–Kier alpha value is -2.57. The standard InChI is InChI=1S/C13H16N4O3/c1-19-10-4-2-3-5-11(10)20-8-13(18)14-7-6-12-15-9-16-17-12/h2-5,9H,6-8H2,1H3,(H,14,18)(H,15,16,17). The Balaban J connectivity index is 1.72. The van der Waals surface area contributed by atoms with Crippen molar-refractivity contribution in [2.75, 3.05) is 20.3 Å². The molecule has 0 radical (unpaired) electrons. The van der Waals surface area contributed by atoms with Crippen LogP contribution in [0.1, 0.15) is 5.82 Å². The van der Waals surface area contributed by atoms with E-state index in [0.29, 0.717) is 24.5 Å². The number of carbonyl (C=O) groups excluding carboxylic acids is 1. The second kappa shape index (κ2) is 7.13. The van der Waals surface area contributed by atoms with Crippen molar-refractivity contribution in [3.63, 3.8) is 0 Å². The van der Waals surface area contributed by atoms with Crippen LogP contribution >= 0.6 is 0 Å². The molecule has 7 heteroatoms. The van der Waals surface area contributed by atoms with Crippen LogP contribution in [-0.4, -0.2) is 41.3 Å². The first-order chi connectivity index (χ1) is 9.79. The number of benzene rings is 1. The van der Waals surface area contributed by atoms with Crippen molar-refractivity contribution in [2.24, 2.45) is 0 Å². The minimum atomic E-state index is -0.199. The molecule has 1 amide bonds. The summed E-state index contributed by atoms with van der Waals surface area (Å²) in [5.41, 5.74) is 0. The monoisotopic (exact) mass is 276 g/mol. The van der Waals surface area contributed by atoms with Crippen LogP contribution in [0.15, 0.2) is 30.6 Å². The zero-order valence-electron chi connectivity index (χ0n) is 11.1. The average Bonchev–Trinajstić information content (AvgIpc) is 2.98. The maximum absolute atomic E-state index is 11.6. The van der Waals surface area contributed by atoms with Gasteiger partial charge in [-0.05, 0) is 12.1 Å². The second-order valence-corrected chi connectivity index (χ2v) is 3.97. The summed E-state index contributed by atoms with van der Waals surface area (Å²) in [6.07, 6.45) is 2.03. The molecule has 0 saturated carbocycles. The third kappa shape index (κ3) is 3.98. The maximum Gasteiger partial charge on any atom is 0.257 e. The molecule has 0 fully saturated rings. The average molecular weight is 276 g/mol. The third-order valence-corrected chi connectivity index (χ3v) is 2.58. The fraction of sp³-hybridized carbons (Fsp3) is 0.308. The molecule has 2 aromatic rings. The van der Waals surface area contributed by atoms with Crippen molar-refractivity contribution in [3.05, 3.63) is 36.4 Å². The zero-order valence-corrected chi connectivity index (χ0v) is 11.1. The molecule has 0 saturated heterocycles. The predicted molar refractivity (Wildman–Crippen MR) is 71.6 cm³/mol. The van der Waals surface area contributed by atoms with Crippen LogP contribution in [0.5, 0.6) is 11.5 Å². The highest BCUT2D eigenvalue weighted by Crippen LogP contribution is 2.25. The molecule has 0 spiro atoms. The van der Waals surface area contributed by atoms with Gasteiger partial charge >= 0.3 is 0 Å². The van der Waals surface area contributed by atoms with Gasteiger partial charge in [0.15, 0.2) is 18.1 Å². The number of amides is 1. The first-order valence-electron chi connectivity index (χ1n) is 6.16. The highest BCUT2D eigenvalue weighted by Gasteiger charge is 2.06. The number of carbonyl (C=O) groups is 1. The summed E-state index contributed by atoms with van der Waals surface area (Å²) in [5, 5.41) is 9.19.